The Hall–Kier alpha value is -4.78. The van der Waals surface area contributed by atoms with Crippen LogP contribution in [0.3, 0.4) is 0 Å². The Bertz CT molecular complexity index is 1490. The summed E-state index contributed by atoms with van der Waals surface area (Å²) >= 11 is 0. The number of fused-ring (bicyclic) bond motifs is 2. The number of rotatable bonds is 4. The van der Waals surface area contributed by atoms with Gasteiger partial charge in [0.15, 0.2) is 11.6 Å². The first kappa shape index (κ1) is 18.9. The van der Waals surface area contributed by atoms with Crippen molar-refractivity contribution in [1.29, 1.82) is 0 Å². The fourth-order valence-corrected chi connectivity index (χ4v) is 3.89. The summed E-state index contributed by atoms with van der Waals surface area (Å²) in [6.45, 7) is 0. The third-order valence-corrected chi connectivity index (χ3v) is 5.55. The monoisotopic (exact) mass is 431 g/mol. The van der Waals surface area contributed by atoms with Crippen LogP contribution in [-0.2, 0) is 0 Å². The minimum Gasteiger partial charge on any atom is -0.478 e. The zero-order valence-electron chi connectivity index (χ0n) is 17.3. The van der Waals surface area contributed by atoms with E-state index in [1.165, 1.54) is 0 Å². The highest BCUT2D eigenvalue weighted by molar-refractivity contribution is 5.89. The zero-order valence-corrected chi connectivity index (χ0v) is 17.3. The van der Waals surface area contributed by atoms with E-state index in [0.717, 1.165) is 33.2 Å². The average Bonchev–Trinajstić information content (AvgIpc) is 3.48. The minimum absolute atomic E-state index is 0.239. The highest BCUT2D eigenvalue weighted by Crippen LogP contribution is 2.30. The number of aromatic amines is 2. The van der Waals surface area contributed by atoms with Crippen LogP contribution in [0.4, 0.5) is 0 Å². The van der Waals surface area contributed by atoms with E-state index in [0.29, 0.717) is 23.0 Å². The molecule has 7 heteroatoms. The molecule has 0 aliphatic heterocycles. The van der Waals surface area contributed by atoms with Crippen LogP contribution in [0.25, 0.3) is 56.2 Å². The predicted molar refractivity (Wildman–Crippen MR) is 127 cm³/mol. The first-order chi connectivity index (χ1) is 16.1. The number of hydrogen-bond acceptors (Lipinski definition) is 4. The van der Waals surface area contributed by atoms with Crippen molar-refractivity contribution < 1.29 is 9.90 Å². The molecular weight excluding hydrogens is 414 g/mol. The van der Waals surface area contributed by atoms with Crippen molar-refractivity contribution in [2.75, 3.05) is 0 Å². The Kier molecular flexibility index (Phi) is 4.26. The quantitative estimate of drug-likeness (QED) is 0.340. The Balaban J connectivity index is 1.54. The van der Waals surface area contributed by atoms with Crippen molar-refractivity contribution in [1.82, 2.24) is 24.9 Å². The fraction of sp³-hybridized carbons (Fsp3) is 0. The van der Waals surface area contributed by atoms with Crippen LogP contribution in [0.5, 0.6) is 0 Å². The molecule has 0 spiro atoms. The van der Waals surface area contributed by atoms with E-state index in [-0.39, 0.29) is 5.56 Å². The van der Waals surface area contributed by atoms with Gasteiger partial charge in [0.2, 0.25) is 0 Å². The van der Waals surface area contributed by atoms with E-state index in [1.54, 1.807) is 24.3 Å². The molecule has 3 heterocycles. The van der Waals surface area contributed by atoms with Crippen LogP contribution in [0.2, 0.25) is 0 Å². The van der Waals surface area contributed by atoms with Crippen LogP contribution in [0, 0.1) is 0 Å². The van der Waals surface area contributed by atoms with Gasteiger partial charge in [-0.2, -0.15) is 0 Å². The number of benzene rings is 3. The second kappa shape index (κ2) is 7.42. The average molecular weight is 431 g/mol. The van der Waals surface area contributed by atoms with Gasteiger partial charge in [-0.15, -0.1) is 0 Å². The molecule has 0 aliphatic rings. The van der Waals surface area contributed by atoms with Gasteiger partial charge >= 0.3 is 5.97 Å². The molecule has 3 aromatic heterocycles. The second-order valence-corrected chi connectivity index (χ2v) is 7.71. The normalized spacial score (nSPS) is 11.3. The summed E-state index contributed by atoms with van der Waals surface area (Å²) in [5.41, 5.74) is 6.90. The summed E-state index contributed by atoms with van der Waals surface area (Å²) < 4.78 is 0. The van der Waals surface area contributed by atoms with Gasteiger partial charge in [0.05, 0.1) is 27.6 Å². The smallest absolute Gasteiger partial charge is 0.335 e. The lowest BCUT2D eigenvalue weighted by Gasteiger charge is -2.08. The first-order valence-corrected chi connectivity index (χ1v) is 10.4. The fourth-order valence-electron chi connectivity index (χ4n) is 3.89. The molecule has 0 atom stereocenters. The number of nitrogens with one attached hydrogen (secondary N) is 2. The maximum absolute atomic E-state index is 11.3. The van der Waals surface area contributed by atoms with E-state index < -0.39 is 5.97 Å². The molecule has 0 aliphatic carbocycles. The van der Waals surface area contributed by atoms with E-state index in [2.05, 4.69) is 9.97 Å². The maximum atomic E-state index is 11.3. The van der Waals surface area contributed by atoms with Crippen molar-refractivity contribution in [3.05, 3.63) is 90.5 Å². The summed E-state index contributed by atoms with van der Waals surface area (Å²) in [4.78, 5) is 32.2. The molecule has 0 bridgehead atoms. The van der Waals surface area contributed by atoms with Crippen molar-refractivity contribution >= 4 is 28.0 Å². The molecule has 3 aromatic carbocycles. The molecule has 6 aromatic rings. The van der Waals surface area contributed by atoms with Gasteiger partial charge in [-0.05, 0) is 59.7 Å². The van der Waals surface area contributed by atoms with Crippen LogP contribution >= 0.6 is 0 Å². The van der Waals surface area contributed by atoms with Crippen LogP contribution in [0.15, 0.2) is 84.9 Å². The Morgan fingerprint density at radius 2 is 1.15 bits per heavy atom. The van der Waals surface area contributed by atoms with Gasteiger partial charge in [0.1, 0.15) is 11.4 Å². The highest BCUT2D eigenvalue weighted by atomic mass is 16.4. The standard InChI is InChI=1S/C26H17N5O2/c32-26(33)16-11-9-15(10-12-16)17-13-22(24-28-18-5-1-2-6-19(18)29-24)27-23(14-17)25-30-20-7-3-4-8-21(20)31-25/h1-14H,(H,28,29)(H,30,31)(H,32,33). The Morgan fingerprint density at radius 3 is 1.64 bits per heavy atom. The van der Waals surface area contributed by atoms with Gasteiger partial charge in [-0.25, -0.2) is 19.7 Å². The third-order valence-electron chi connectivity index (χ3n) is 5.55. The van der Waals surface area contributed by atoms with Crippen LogP contribution in [-0.4, -0.2) is 36.0 Å². The number of nitrogens with zero attached hydrogens (tertiary/aromatic N) is 3. The number of carboxylic acid groups (broad SMARTS) is 1. The number of H-pyrrole nitrogens is 2. The number of para-hydroxylation sites is 4. The molecule has 33 heavy (non-hydrogen) atoms. The summed E-state index contributed by atoms with van der Waals surface area (Å²) in [7, 11) is 0. The maximum Gasteiger partial charge on any atom is 0.335 e. The molecular formula is C26H17N5O2. The number of carbonyl (C=O) groups is 1. The van der Waals surface area contributed by atoms with Crippen LogP contribution < -0.4 is 0 Å². The van der Waals surface area contributed by atoms with Gasteiger partial charge in [0.25, 0.3) is 0 Å². The number of hydrogen-bond donors (Lipinski definition) is 3. The minimum atomic E-state index is -0.956. The number of aromatic carboxylic acids is 1. The molecule has 0 amide bonds. The van der Waals surface area contributed by atoms with Gasteiger partial charge in [-0.3, -0.25) is 0 Å². The Morgan fingerprint density at radius 1 is 0.636 bits per heavy atom. The van der Waals surface area contributed by atoms with Gasteiger partial charge in [-0.1, -0.05) is 36.4 Å². The van der Waals surface area contributed by atoms with Crippen molar-refractivity contribution in [3.8, 4) is 34.2 Å². The lowest BCUT2D eigenvalue weighted by Crippen LogP contribution is -1.96. The summed E-state index contributed by atoms with van der Waals surface area (Å²) in [6.07, 6.45) is 0. The lowest BCUT2D eigenvalue weighted by atomic mass is 10.0. The molecule has 7 nitrogen and oxygen atoms in total. The van der Waals surface area contributed by atoms with Crippen molar-refractivity contribution in [3.63, 3.8) is 0 Å². The van der Waals surface area contributed by atoms with Crippen molar-refractivity contribution in [2.45, 2.75) is 0 Å². The lowest BCUT2D eigenvalue weighted by molar-refractivity contribution is 0.0697. The zero-order chi connectivity index (χ0) is 22.4. The largest absolute Gasteiger partial charge is 0.478 e. The topological polar surface area (TPSA) is 108 Å². The molecule has 0 saturated carbocycles. The summed E-state index contributed by atoms with van der Waals surface area (Å²) in [6, 6.07) is 26.3. The number of pyridine rings is 1. The Labute approximate surface area is 187 Å². The van der Waals surface area contributed by atoms with E-state index >= 15 is 0 Å². The van der Waals surface area contributed by atoms with Crippen molar-refractivity contribution in [2.24, 2.45) is 0 Å². The summed E-state index contributed by atoms with van der Waals surface area (Å²) in [5, 5.41) is 9.24. The van der Waals surface area contributed by atoms with E-state index in [9.17, 15) is 9.90 Å². The van der Waals surface area contributed by atoms with Gasteiger partial charge in [0, 0.05) is 0 Å². The summed E-state index contributed by atoms with van der Waals surface area (Å²) in [5.74, 6) is 0.345. The second-order valence-electron chi connectivity index (χ2n) is 7.71. The molecule has 0 saturated heterocycles. The van der Waals surface area contributed by atoms with E-state index in [4.69, 9.17) is 15.0 Å². The molecule has 3 N–H and O–H groups in total. The molecule has 0 fully saturated rings. The highest BCUT2D eigenvalue weighted by Gasteiger charge is 2.14. The predicted octanol–water partition coefficient (Wildman–Crippen LogP) is 5.53. The number of imidazole rings is 2. The van der Waals surface area contributed by atoms with E-state index in [1.807, 2.05) is 60.7 Å². The molecule has 0 radical (unpaired) electrons. The van der Waals surface area contributed by atoms with Crippen LogP contribution in [0.1, 0.15) is 10.4 Å². The number of aromatic nitrogens is 5. The van der Waals surface area contributed by atoms with Gasteiger partial charge < -0.3 is 15.1 Å². The molecule has 6 rings (SSSR count). The first-order valence-electron chi connectivity index (χ1n) is 10.4. The molecule has 158 valence electrons. The SMILES string of the molecule is O=C(O)c1ccc(-c2cc(-c3nc4ccccc4[nH]3)nc(-c3nc4ccccc4[nH]3)c2)cc1. The third kappa shape index (κ3) is 3.41. The number of carboxylic acids is 1. The molecule has 0 unspecified atom stereocenters.